The number of sulfonamides is 1. The lowest BCUT2D eigenvalue weighted by Gasteiger charge is -2.25. The lowest BCUT2D eigenvalue weighted by molar-refractivity contribution is -0.129. The summed E-state index contributed by atoms with van der Waals surface area (Å²) in [6.45, 7) is 2.39. The van der Waals surface area contributed by atoms with Gasteiger partial charge in [0.1, 0.15) is 16.9 Å². The number of rotatable bonds is 5. The molecule has 1 aliphatic heterocycles. The first-order valence-electron chi connectivity index (χ1n) is 10.2. The highest BCUT2D eigenvalue weighted by atomic mass is 32.2. The Kier molecular flexibility index (Phi) is 6.37. The summed E-state index contributed by atoms with van der Waals surface area (Å²) in [7, 11) is -3.98. The number of carbonyl (C=O) groups excluding carboxylic acids is 2. The van der Waals surface area contributed by atoms with Crippen molar-refractivity contribution in [2.45, 2.75) is 24.8 Å². The molecular formula is C23H19FN4O4S2. The third kappa shape index (κ3) is 4.78. The van der Waals surface area contributed by atoms with Gasteiger partial charge in [-0.05, 0) is 54.4 Å². The minimum atomic E-state index is -3.98. The summed E-state index contributed by atoms with van der Waals surface area (Å²) < 4.78 is 40.6. The van der Waals surface area contributed by atoms with Crippen LogP contribution < -0.4 is 10.0 Å². The first kappa shape index (κ1) is 23.4. The quantitative estimate of drug-likeness (QED) is 0.556. The highest BCUT2D eigenvalue weighted by Crippen LogP contribution is 2.37. The van der Waals surface area contributed by atoms with Gasteiger partial charge in [0.2, 0.25) is 5.91 Å². The summed E-state index contributed by atoms with van der Waals surface area (Å²) in [6.07, 6.45) is 0.533. The second-order valence-electron chi connectivity index (χ2n) is 7.60. The summed E-state index contributed by atoms with van der Waals surface area (Å²) in [4.78, 5) is 27.0. The molecule has 2 aromatic carbocycles. The van der Waals surface area contributed by atoms with E-state index in [1.165, 1.54) is 42.5 Å². The molecule has 174 valence electrons. The van der Waals surface area contributed by atoms with E-state index in [1.807, 2.05) is 0 Å². The normalized spacial score (nSPS) is 13.0. The van der Waals surface area contributed by atoms with E-state index in [-0.39, 0.29) is 22.1 Å². The summed E-state index contributed by atoms with van der Waals surface area (Å²) in [5, 5.41) is 12.8. The molecule has 3 aromatic rings. The van der Waals surface area contributed by atoms with Crippen molar-refractivity contribution in [3.05, 3.63) is 75.9 Å². The zero-order chi connectivity index (χ0) is 24.5. The van der Waals surface area contributed by atoms with Crippen LogP contribution in [0.3, 0.4) is 0 Å². The molecule has 0 spiro atoms. The molecule has 0 atom stereocenters. The van der Waals surface area contributed by atoms with Crippen LogP contribution >= 0.6 is 11.3 Å². The molecule has 0 radical (unpaired) electrons. The fraction of sp³-hybridized carbons (Fsp3) is 0.174. The van der Waals surface area contributed by atoms with Crippen molar-refractivity contribution in [1.29, 1.82) is 5.26 Å². The van der Waals surface area contributed by atoms with Gasteiger partial charge in [-0.3, -0.25) is 14.3 Å². The van der Waals surface area contributed by atoms with Gasteiger partial charge in [-0.15, -0.1) is 11.3 Å². The van der Waals surface area contributed by atoms with Crippen LogP contribution in [-0.4, -0.2) is 31.7 Å². The number of nitrogens with zero attached hydrogens (tertiary/aromatic N) is 2. The Hall–Kier alpha value is -3.75. The zero-order valence-corrected chi connectivity index (χ0v) is 19.6. The number of amides is 2. The van der Waals surface area contributed by atoms with Gasteiger partial charge in [0.25, 0.3) is 15.9 Å². The van der Waals surface area contributed by atoms with Crippen molar-refractivity contribution < 1.29 is 22.4 Å². The van der Waals surface area contributed by atoms with Gasteiger partial charge in [-0.1, -0.05) is 6.07 Å². The van der Waals surface area contributed by atoms with Crippen LogP contribution in [0.1, 0.15) is 33.3 Å². The first-order chi connectivity index (χ1) is 16.2. The predicted molar refractivity (Wildman–Crippen MR) is 125 cm³/mol. The van der Waals surface area contributed by atoms with Crippen LogP contribution in [0.2, 0.25) is 0 Å². The third-order valence-electron chi connectivity index (χ3n) is 5.34. The molecule has 2 amide bonds. The molecule has 0 saturated heterocycles. The van der Waals surface area contributed by atoms with E-state index in [9.17, 15) is 27.7 Å². The van der Waals surface area contributed by atoms with E-state index in [0.29, 0.717) is 30.1 Å². The summed E-state index contributed by atoms with van der Waals surface area (Å²) in [5.41, 5.74) is 1.55. The Morgan fingerprint density at radius 2 is 1.91 bits per heavy atom. The number of benzene rings is 2. The number of halogens is 1. The number of carbonyl (C=O) groups is 2. The molecule has 1 aliphatic rings. The number of anilines is 2. The maximum absolute atomic E-state index is 13.1. The number of fused-ring (bicyclic) bond motifs is 1. The molecule has 2 heterocycles. The van der Waals surface area contributed by atoms with E-state index in [1.54, 1.807) is 4.90 Å². The van der Waals surface area contributed by atoms with Gasteiger partial charge in [0, 0.05) is 29.6 Å². The lowest BCUT2D eigenvalue weighted by Crippen LogP contribution is -2.33. The highest BCUT2D eigenvalue weighted by Gasteiger charge is 2.26. The third-order valence-corrected chi connectivity index (χ3v) is 7.87. The van der Waals surface area contributed by atoms with Crippen molar-refractivity contribution >= 4 is 43.9 Å². The van der Waals surface area contributed by atoms with E-state index < -0.39 is 21.7 Å². The van der Waals surface area contributed by atoms with E-state index in [4.69, 9.17) is 0 Å². The van der Waals surface area contributed by atoms with Gasteiger partial charge >= 0.3 is 0 Å². The minimum absolute atomic E-state index is 0.0527. The number of nitriles is 1. The van der Waals surface area contributed by atoms with Crippen molar-refractivity contribution in [1.82, 2.24) is 4.90 Å². The second-order valence-corrected chi connectivity index (χ2v) is 10.4. The van der Waals surface area contributed by atoms with Crippen molar-refractivity contribution in [3.8, 4) is 6.07 Å². The van der Waals surface area contributed by atoms with E-state index >= 15 is 0 Å². The minimum Gasteiger partial charge on any atom is -0.337 e. The van der Waals surface area contributed by atoms with Crippen molar-refractivity contribution in [2.24, 2.45) is 0 Å². The fourth-order valence-corrected chi connectivity index (χ4v) is 5.86. The fourth-order valence-electron chi connectivity index (χ4n) is 3.61. The van der Waals surface area contributed by atoms with Crippen LogP contribution in [0.4, 0.5) is 15.1 Å². The molecule has 0 saturated carbocycles. The summed E-state index contributed by atoms with van der Waals surface area (Å²) in [5.74, 6) is -1.12. The molecule has 8 nitrogen and oxygen atoms in total. The lowest BCUT2D eigenvalue weighted by atomic mass is 10.0. The topological polar surface area (TPSA) is 119 Å². The Labute approximate surface area is 199 Å². The van der Waals surface area contributed by atoms with Crippen molar-refractivity contribution in [3.63, 3.8) is 0 Å². The average molecular weight is 499 g/mol. The SMILES string of the molecule is CC(=O)N1CCc2c(sc(NC(=O)c3cccc(NS(=O)(=O)c4ccc(F)cc4)c3)c2C#N)C1. The maximum Gasteiger partial charge on any atom is 0.261 e. The number of nitrogens with one attached hydrogen (secondary N) is 2. The van der Waals surface area contributed by atoms with E-state index in [2.05, 4.69) is 16.1 Å². The van der Waals surface area contributed by atoms with Gasteiger partial charge in [-0.25, -0.2) is 12.8 Å². The van der Waals surface area contributed by atoms with Crippen LogP contribution in [0, 0.1) is 17.1 Å². The summed E-state index contributed by atoms with van der Waals surface area (Å²) in [6, 6.07) is 12.4. The Bertz CT molecular complexity index is 1430. The summed E-state index contributed by atoms with van der Waals surface area (Å²) >= 11 is 1.25. The van der Waals surface area contributed by atoms with Crippen LogP contribution in [0.5, 0.6) is 0 Å². The Balaban J connectivity index is 1.54. The number of thiophene rings is 1. The van der Waals surface area contributed by atoms with Gasteiger partial charge in [-0.2, -0.15) is 5.26 Å². The Morgan fingerprint density at radius 3 is 2.59 bits per heavy atom. The van der Waals surface area contributed by atoms with Crippen LogP contribution in [-0.2, 0) is 27.8 Å². The monoisotopic (exact) mass is 498 g/mol. The molecule has 0 fully saturated rings. The smallest absolute Gasteiger partial charge is 0.261 e. The van der Waals surface area contributed by atoms with Crippen molar-refractivity contribution in [2.75, 3.05) is 16.6 Å². The molecule has 11 heteroatoms. The first-order valence-corrected chi connectivity index (χ1v) is 12.5. The molecular weight excluding hydrogens is 479 g/mol. The predicted octanol–water partition coefficient (Wildman–Crippen LogP) is 3.72. The Morgan fingerprint density at radius 1 is 1.18 bits per heavy atom. The average Bonchev–Trinajstić information content (AvgIpc) is 3.15. The molecule has 0 aliphatic carbocycles. The highest BCUT2D eigenvalue weighted by molar-refractivity contribution is 7.92. The second kappa shape index (κ2) is 9.24. The van der Waals surface area contributed by atoms with E-state index in [0.717, 1.165) is 34.7 Å². The zero-order valence-electron chi connectivity index (χ0n) is 18.0. The van der Waals surface area contributed by atoms with Gasteiger partial charge in [0.15, 0.2) is 0 Å². The molecule has 2 N–H and O–H groups in total. The number of hydrogen-bond acceptors (Lipinski definition) is 6. The molecule has 34 heavy (non-hydrogen) atoms. The van der Waals surface area contributed by atoms with Crippen LogP contribution in [0.25, 0.3) is 0 Å². The molecule has 0 unspecified atom stereocenters. The van der Waals surface area contributed by atoms with Gasteiger partial charge in [0.05, 0.1) is 17.0 Å². The molecule has 1 aromatic heterocycles. The van der Waals surface area contributed by atoms with Crippen LogP contribution in [0.15, 0.2) is 53.4 Å². The molecule has 0 bridgehead atoms. The van der Waals surface area contributed by atoms with Gasteiger partial charge < -0.3 is 10.2 Å². The largest absolute Gasteiger partial charge is 0.337 e. The standard InChI is InChI=1S/C23H19FN4O4S2/c1-14(29)28-10-9-19-20(12-25)23(33-21(19)13-28)26-22(30)15-3-2-4-17(11-15)27-34(31,32)18-7-5-16(24)6-8-18/h2-8,11,27H,9-10,13H2,1H3,(H,26,30). The number of hydrogen-bond donors (Lipinski definition) is 2. The molecule has 4 rings (SSSR count). The maximum atomic E-state index is 13.1.